The Morgan fingerprint density at radius 1 is 1.03 bits per heavy atom. The molecule has 0 aliphatic carbocycles. The van der Waals surface area contributed by atoms with Gasteiger partial charge in [0.2, 0.25) is 5.75 Å². The molecular formula is C25H26N2O7. The average Bonchev–Trinajstić information content (AvgIpc) is 2.90. The van der Waals surface area contributed by atoms with Crippen LogP contribution in [0.1, 0.15) is 5.56 Å². The van der Waals surface area contributed by atoms with Crippen molar-refractivity contribution in [2.24, 2.45) is 0 Å². The second-order valence-electron chi connectivity index (χ2n) is 8.04. The maximum Gasteiger partial charge on any atom is 0.265 e. The Hall–Kier alpha value is -3.72. The van der Waals surface area contributed by atoms with Gasteiger partial charge in [0.15, 0.2) is 17.6 Å². The molecule has 1 unspecified atom stereocenters. The lowest BCUT2D eigenvalue weighted by Gasteiger charge is -2.37. The maximum atomic E-state index is 13.3. The van der Waals surface area contributed by atoms with Crippen molar-refractivity contribution in [1.82, 2.24) is 4.90 Å². The average molecular weight is 466 g/mol. The first-order valence-corrected chi connectivity index (χ1v) is 11.2. The van der Waals surface area contributed by atoms with Crippen molar-refractivity contribution in [1.29, 1.82) is 0 Å². The van der Waals surface area contributed by atoms with Crippen LogP contribution in [0.4, 0.5) is 5.69 Å². The van der Waals surface area contributed by atoms with Crippen LogP contribution in [0.3, 0.4) is 0 Å². The van der Waals surface area contributed by atoms with E-state index in [-0.39, 0.29) is 18.4 Å². The molecule has 2 amide bonds. The number of amides is 2. The summed E-state index contributed by atoms with van der Waals surface area (Å²) in [5, 5.41) is 0. The van der Waals surface area contributed by atoms with E-state index in [2.05, 4.69) is 0 Å². The minimum absolute atomic E-state index is 0.126. The molecule has 0 bridgehead atoms. The largest absolute Gasteiger partial charge is 0.493 e. The number of hydrogen-bond acceptors (Lipinski definition) is 7. The molecule has 3 heterocycles. The Morgan fingerprint density at radius 3 is 2.65 bits per heavy atom. The van der Waals surface area contributed by atoms with Crippen molar-refractivity contribution in [2.75, 3.05) is 58.1 Å². The molecule has 9 nitrogen and oxygen atoms in total. The van der Waals surface area contributed by atoms with Gasteiger partial charge in [-0.2, -0.15) is 0 Å². The lowest BCUT2D eigenvalue weighted by Crippen LogP contribution is -2.53. The van der Waals surface area contributed by atoms with Crippen molar-refractivity contribution < 1.29 is 33.3 Å². The van der Waals surface area contributed by atoms with Crippen molar-refractivity contribution in [3.05, 3.63) is 48.0 Å². The Morgan fingerprint density at radius 2 is 1.82 bits per heavy atom. The number of fused-ring (bicyclic) bond motifs is 2. The van der Waals surface area contributed by atoms with Gasteiger partial charge in [-0.05, 0) is 35.9 Å². The highest BCUT2D eigenvalue weighted by atomic mass is 16.6. The molecular weight excluding hydrogens is 440 g/mol. The van der Waals surface area contributed by atoms with Gasteiger partial charge in [0.1, 0.15) is 19.0 Å². The number of anilines is 1. The zero-order chi connectivity index (χ0) is 23.5. The Balaban J connectivity index is 1.38. The number of ether oxygens (including phenoxy) is 5. The summed E-state index contributed by atoms with van der Waals surface area (Å²) < 4.78 is 28.1. The number of methoxy groups -OCH3 is 1. The minimum atomic E-state index is -0.778. The highest BCUT2D eigenvalue weighted by Crippen LogP contribution is 2.41. The summed E-state index contributed by atoms with van der Waals surface area (Å²) in [6.07, 6.45) is 2.39. The molecule has 3 aliphatic heterocycles. The summed E-state index contributed by atoms with van der Waals surface area (Å²) in [5.74, 6) is 1.77. The molecule has 0 aromatic heterocycles. The molecule has 1 fully saturated rings. The van der Waals surface area contributed by atoms with Crippen LogP contribution < -0.4 is 23.8 Å². The van der Waals surface area contributed by atoms with Gasteiger partial charge in [0.25, 0.3) is 11.8 Å². The Bertz CT molecular complexity index is 1090. The Kier molecular flexibility index (Phi) is 6.27. The number of morpholine rings is 1. The predicted octanol–water partition coefficient (Wildman–Crippen LogP) is 2.13. The summed E-state index contributed by atoms with van der Waals surface area (Å²) in [5.41, 5.74) is 1.36. The van der Waals surface area contributed by atoms with Gasteiger partial charge in [-0.1, -0.05) is 12.1 Å². The van der Waals surface area contributed by atoms with E-state index < -0.39 is 6.10 Å². The summed E-state index contributed by atoms with van der Waals surface area (Å²) in [6.45, 7) is 3.06. The fourth-order valence-corrected chi connectivity index (χ4v) is 4.21. The first-order valence-electron chi connectivity index (χ1n) is 11.2. The van der Waals surface area contributed by atoms with Gasteiger partial charge in [0, 0.05) is 19.2 Å². The molecule has 178 valence electrons. The zero-order valence-electron chi connectivity index (χ0n) is 18.9. The van der Waals surface area contributed by atoms with Gasteiger partial charge in [-0.25, -0.2) is 0 Å². The van der Waals surface area contributed by atoms with Crippen LogP contribution >= 0.6 is 0 Å². The van der Waals surface area contributed by atoms with Crippen molar-refractivity contribution in [3.63, 3.8) is 0 Å². The number of carbonyl (C=O) groups excluding carboxylic acids is 2. The molecule has 2 aromatic carbocycles. The Labute approximate surface area is 197 Å². The van der Waals surface area contributed by atoms with Crippen LogP contribution in [0.15, 0.2) is 42.5 Å². The number of benzene rings is 2. The van der Waals surface area contributed by atoms with E-state index in [1.54, 1.807) is 41.2 Å². The molecule has 2 aromatic rings. The van der Waals surface area contributed by atoms with Crippen molar-refractivity contribution >= 4 is 23.6 Å². The molecule has 0 N–H and O–H groups in total. The topological polar surface area (TPSA) is 86.8 Å². The van der Waals surface area contributed by atoms with E-state index >= 15 is 0 Å². The van der Waals surface area contributed by atoms with Crippen LogP contribution in [-0.4, -0.2) is 76.0 Å². The van der Waals surface area contributed by atoms with Gasteiger partial charge in [-0.3, -0.25) is 9.59 Å². The smallest absolute Gasteiger partial charge is 0.265 e. The van der Waals surface area contributed by atoms with E-state index in [1.165, 1.54) is 6.08 Å². The van der Waals surface area contributed by atoms with Crippen molar-refractivity contribution in [3.8, 4) is 23.0 Å². The summed E-state index contributed by atoms with van der Waals surface area (Å²) in [7, 11) is 1.56. The monoisotopic (exact) mass is 466 g/mol. The lowest BCUT2D eigenvalue weighted by molar-refractivity contribution is -0.142. The second-order valence-corrected chi connectivity index (χ2v) is 8.04. The van der Waals surface area contributed by atoms with Crippen LogP contribution in [0.5, 0.6) is 23.0 Å². The number of carbonyl (C=O) groups is 2. The van der Waals surface area contributed by atoms with E-state index in [1.807, 2.05) is 18.2 Å². The molecule has 34 heavy (non-hydrogen) atoms. The third-order valence-corrected chi connectivity index (χ3v) is 5.91. The molecule has 0 radical (unpaired) electrons. The zero-order valence-corrected chi connectivity index (χ0v) is 18.9. The van der Waals surface area contributed by atoms with Crippen LogP contribution in [-0.2, 0) is 14.3 Å². The van der Waals surface area contributed by atoms with Gasteiger partial charge in [0.05, 0.1) is 32.6 Å². The SMILES string of the molecule is COc1cc(/C=C/C(=O)N2CC(C(=O)N3CCOCC3)Oc3ccccc32)cc2c1OCCO2. The van der Waals surface area contributed by atoms with Gasteiger partial charge in [-0.15, -0.1) is 0 Å². The van der Waals surface area contributed by atoms with Crippen LogP contribution in [0, 0.1) is 0 Å². The summed E-state index contributed by atoms with van der Waals surface area (Å²) >= 11 is 0. The minimum Gasteiger partial charge on any atom is -0.493 e. The fraction of sp³-hybridized carbons (Fsp3) is 0.360. The normalized spacial score (nSPS) is 19.4. The van der Waals surface area contributed by atoms with Gasteiger partial charge < -0.3 is 33.5 Å². The predicted molar refractivity (Wildman–Crippen MR) is 124 cm³/mol. The first kappa shape index (κ1) is 22.1. The van der Waals surface area contributed by atoms with E-state index in [4.69, 9.17) is 23.7 Å². The standard InChI is InChI=1S/C25H26N2O7/c1-30-20-14-17(15-21-24(20)33-13-12-32-21)6-7-23(28)27-16-22(25(29)26-8-10-31-11-9-26)34-19-5-3-2-4-18(19)27/h2-7,14-15,22H,8-13,16H2,1H3/b7-6+. The van der Waals surface area contributed by atoms with E-state index in [0.29, 0.717) is 68.2 Å². The molecule has 0 saturated carbocycles. The van der Waals surface area contributed by atoms with Gasteiger partial charge >= 0.3 is 0 Å². The van der Waals surface area contributed by atoms with Crippen LogP contribution in [0.2, 0.25) is 0 Å². The number of hydrogen-bond donors (Lipinski definition) is 0. The summed E-state index contributed by atoms with van der Waals surface area (Å²) in [6, 6.07) is 10.8. The third kappa shape index (κ3) is 4.38. The highest BCUT2D eigenvalue weighted by Gasteiger charge is 2.35. The van der Waals surface area contributed by atoms with E-state index in [0.717, 1.165) is 5.56 Å². The van der Waals surface area contributed by atoms with Crippen LogP contribution in [0.25, 0.3) is 6.08 Å². The molecule has 9 heteroatoms. The van der Waals surface area contributed by atoms with Crippen molar-refractivity contribution in [2.45, 2.75) is 6.10 Å². The third-order valence-electron chi connectivity index (χ3n) is 5.91. The fourth-order valence-electron chi connectivity index (χ4n) is 4.21. The first-order chi connectivity index (χ1) is 16.6. The molecule has 5 rings (SSSR count). The number of nitrogens with zero attached hydrogens (tertiary/aromatic N) is 2. The quantitative estimate of drug-likeness (QED) is 0.638. The molecule has 3 aliphatic rings. The summed E-state index contributed by atoms with van der Waals surface area (Å²) in [4.78, 5) is 29.6. The molecule has 1 atom stereocenters. The second kappa shape index (κ2) is 9.64. The molecule has 1 saturated heterocycles. The van der Waals surface area contributed by atoms with E-state index in [9.17, 15) is 9.59 Å². The number of para-hydroxylation sites is 2. The number of rotatable bonds is 4. The maximum absolute atomic E-state index is 13.3. The highest BCUT2D eigenvalue weighted by molar-refractivity contribution is 6.06. The molecule has 0 spiro atoms. The lowest BCUT2D eigenvalue weighted by atomic mass is 10.1.